The predicted octanol–water partition coefficient (Wildman–Crippen LogP) is 1.19. The van der Waals surface area contributed by atoms with Gasteiger partial charge in [-0.2, -0.15) is 0 Å². The molecular formula is C15H26N6O. The van der Waals surface area contributed by atoms with E-state index in [4.69, 9.17) is 0 Å². The summed E-state index contributed by atoms with van der Waals surface area (Å²) in [6.07, 6.45) is 6.24. The highest BCUT2D eigenvalue weighted by Crippen LogP contribution is 2.38. The van der Waals surface area contributed by atoms with E-state index >= 15 is 0 Å². The van der Waals surface area contributed by atoms with Crippen molar-refractivity contribution in [2.45, 2.75) is 57.0 Å². The van der Waals surface area contributed by atoms with Crippen molar-refractivity contribution in [2.75, 3.05) is 27.2 Å². The Balaban J connectivity index is 1.93. The second kappa shape index (κ2) is 5.95. The quantitative estimate of drug-likeness (QED) is 0.836. The van der Waals surface area contributed by atoms with Gasteiger partial charge < -0.3 is 4.90 Å². The van der Waals surface area contributed by atoms with Gasteiger partial charge in [-0.1, -0.05) is 19.8 Å². The van der Waals surface area contributed by atoms with E-state index in [2.05, 4.69) is 34.5 Å². The summed E-state index contributed by atoms with van der Waals surface area (Å²) >= 11 is 0. The van der Waals surface area contributed by atoms with Gasteiger partial charge in [-0.25, -0.2) is 4.68 Å². The first kappa shape index (κ1) is 15.4. The Morgan fingerprint density at radius 1 is 1.36 bits per heavy atom. The Hall–Kier alpha value is -1.50. The molecule has 0 radical (unpaired) electrons. The molecule has 1 aliphatic carbocycles. The van der Waals surface area contributed by atoms with E-state index in [1.165, 1.54) is 12.8 Å². The van der Waals surface area contributed by atoms with Gasteiger partial charge >= 0.3 is 0 Å². The maximum absolute atomic E-state index is 12.1. The summed E-state index contributed by atoms with van der Waals surface area (Å²) in [6.45, 7) is 3.38. The summed E-state index contributed by atoms with van der Waals surface area (Å²) in [4.78, 5) is 16.2. The molecule has 1 unspecified atom stereocenters. The molecule has 1 saturated heterocycles. The topological polar surface area (TPSA) is 67.2 Å². The number of nitrogens with zero attached hydrogens (tertiary/aromatic N) is 6. The van der Waals surface area contributed by atoms with Gasteiger partial charge in [0.1, 0.15) is 5.54 Å². The molecule has 0 N–H and O–H groups in total. The lowest BCUT2D eigenvalue weighted by Gasteiger charge is -2.35. The lowest BCUT2D eigenvalue weighted by Crippen LogP contribution is -2.47. The van der Waals surface area contributed by atoms with E-state index in [1.807, 2.05) is 16.5 Å². The van der Waals surface area contributed by atoms with Gasteiger partial charge in [0.25, 0.3) is 0 Å². The van der Waals surface area contributed by atoms with Gasteiger partial charge in [-0.05, 0) is 43.8 Å². The van der Waals surface area contributed by atoms with E-state index in [1.54, 1.807) is 0 Å². The van der Waals surface area contributed by atoms with E-state index in [9.17, 15) is 4.79 Å². The highest BCUT2D eigenvalue weighted by molar-refractivity contribution is 5.76. The minimum atomic E-state index is -0.267. The number of likely N-dealkylation sites (tertiary alicyclic amines) is 1. The molecule has 22 heavy (non-hydrogen) atoms. The minimum Gasteiger partial charge on any atom is -0.340 e. The standard InChI is InChI=1S/C15H26N6O/c1-4-13(22)20-10-9-15(11-20,19(2)3)14-16-17-18-21(14)12-7-5-6-8-12/h12H,4-11H2,1-3H3. The van der Waals surface area contributed by atoms with Crippen LogP contribution < -0.4 is 0 Å². The monoisotopic (exact) mass is 306 g/mol. The Bertz CT molecular complexity index is 536. The van der Waals surface area contributed by atoms with Gasteiger partial charge in [0, 0.05) is 19.5 Å². The third-order valence-electron chi connectivity index (χ3n) is 5.34. The maximum atomic E-state index is 12.1. The van der Waals surface area contributed by atoms with E-state index in [0.717, 1.165) is 31.6 Å². The fraction of sp³-hybridized carbons (Fsp3) is 0.867. The second-order valence-electron chi connectivity index (χ2n) is 6.73. The fourth-order valence-electron chi connectivity index (χ4n) is 3.87. The van der Waals surface area contributed by atoms with E-state index in [0.29, 0.717) is 19.0 Å². The van der Waals surface area contributed by atoms with E-state index < -0.39 is 0 Å². The molecule has 1 saturated carbocycles. The molecule has 0 spiro atoms. The van der Waals surface area contributed by atoms with Crippen molar-refractivity contribution in [3.05, 3.63) is 5.82 Å². The van der Waals surface area contributed by atoms with Crippen molar-refractivity contribution in [2.24, 2.45) is 0 Å². The number of aromatic nitrogens is 4. The molecule has 1 atom stereocenters. The summed E-state index contributed by atoms with van der Waals surface area (Å²) in [6, 6.07) is 0.415. The highest BCUT2D eigenvalue weighted by atomic mass is 16.2. The van der Waals surface area contributed by atoms with Crippen LogP contribution in [-0.4, -0.2) is 63.1 Å². The maximum Gasteiger partial charge on any atom is 0.222 e. The lowest BCUT2D eigenvalue weighted by molar-refractivity contribution is -0.130. The zero-order chi connectivity index (χ0) is 15.7. The molecule has 2 aliphatic rings. The lowest BCUT2D eigenvalue weighted by atomic mass is 9.95. The van der Waals surface area contributed by atoms with Crippen molar-refractivity contribution >= 4 is 5.91 Å². The smallest absolute Gasteiger partial charge is 0.222 e. The average molecular weight is 306 g/mol. The number of likely N-dealkylation sites (N-methyl/N-ethyl adjacent to an activating group) is 1. The first-order valence-electron chi connectivity index (χ1n) is 8.32. The molecule has 3 rings (SSSR count). The zero-order valence-corrected chi connectivity index (χ0v) is 13.8. The first-order chi connectivity index (χ1) is 10.6. The van der Waals surface area contributed by atoms with Crippen LogP contribution in [0.1, 0.15) is 57.3 Å². The summed E-state index contributed by atoms with van der Waals surface area (Å²) < 4.78 is 2.03. The average Bonchev–Trinajstić information content (AvgIpc) is 3.23. The normalized spacial score (nSPS) is 26.3. The summed E-state index contributed by atoms with van der Waals surface area (Å²) in [7, 11) is 4.13. The molecule has 1 aromatic rings. The van der Waals surface area contributed by atoms with Crippen molar-refractivity contribution < 1.29 is 4.79 Å². The number of amides is 1. The number of carbonyl (C=O) groups is 1. The molecule has 0 aromatic carbocycles. The van der Waals surface area contributed by atoms with Crippen molar-refractivity contribution in [1.82, 2.24) is 30.0 Å². The second-order valence-corrected chi connectivity index (χ2v) is 6.73. The Kier molecular flexibility index (Phi) is 4.16. The SMILES string of the molecule is CCC(=O)N1CCC(c2nnnn2C2CCCC2)(N(C)C)C1. The van der Waals surface area contributed by atoms with Gasteiger partial charge in [-0.15, -0.1) is 5.10 Å². The van der Waals surface area contributed by atoms with Crippen LogP contribution in [0.5, 0.6) is 0 Å². The van der Waals surface area contributed by atoms with Crippen LogP contribution in [0.15, 0.2) is 0 Å². The van der Waals surface area contributed by atoms with Crippen molar-refractivity contribution in [3.63, 3.8) is 0 Å². The number of rotatable bonds is 4. The molecular weight excluding hydrogens is 280 g/mol. The van der Waals surface area contributed by atoms with Crippen LogP contribution in [0, 0.1) is 0 Å². The first-order valence-corrected chi connectivity index (χ1v) is 8.32. The van der Waals surface area contributed by atoms with E-state index in [-0.39, 0.29) is 11.4 Å². The van der Waals surface area contributed by atoms with Crippen LogP contribution in [0.4, 0.5) is 0 Å². The molecule has 122 valence electrons. The minimum absolute atomic E-state index is 0.212. The van der Waals surface area contributed by atoms with Crippen LogP contribution in [0.2, 0.25) is 0 Å². The van der Waals surface area contributed by atoms with Crippen molar-refractivity contribution in [1.29, 1.82) is 0 Å². The van der Waals surface area contributed by atoms with Crippen LogP contribution in [-0.2, 0) is 10.3 Å². The predicted molar refractivity (Wildman–Crippen MR) is 82.2 cm³/mol. The fourth-order valence-corrected chi connectivity index (χ4v) is 3.87. The van der Waals surface area contributed by atoms with Gasteiger partial charge in [0.05, 0.1) is 6.04 Å². The van der Waals surface area contributed by atoms with Crippen LogP contribution in [0.25, 0.3) is 0 Å². The highest BCUT2D eigenvalue weighted by Gasteiger charge is 2.47. The van der Waals surface area contributed by atoms with Gasteiger partial charge in [-0.3, -0.25) is 9.69 Å². The molecule has 1 aliphatic heterocycles. The Morgan fingerprint density at radius 2 is 2.09 bits per heavy atom. The molecule has 1 aromatic heterocycles. The molecule has 2 heterocycles. The third kappa shape index (κ3) is 2.41. The van der Waals surface area contributed by atoms with Crippen LogP contribution >= 0.6 is 0 Å². The number of hydrogen-bond donors (Lipinski definition) is 0. The molecule has 0 bridgehead atoms. The summed E-state index contributed by atoms with van der Waals surface area (Å²) in [5, 5.41) is 12.6. The summed E-state index contributed by atoms with van der Waals surface area (Å²) in [5.74, 6) is 1.14. The molecule has 1 amide bonds. The van der Waals surface area contributed by atoms with Crippen molar-refractivity contribution in [3.8, 4) is 0 Å². The largest absolute Gasteiger partial charge is 0.340 e. The van der Waals surface area contributed by atoms with Gasteiger partial charge in [0.15, 0.2) is 5.82 Å². The molecule has 7 nitrogen and oxygen atoms in total. The number of carbonyl (C=O) groups excluding carboxylic acids is 1. The molecule has 7 heteroatoms. The Morgan fingerprint density at radius 3 is 2.73 bits per heavy atom. The third-order valence-corrected chi connectivity index (χ3v) is 5.34. The zero-order valence-electron chi connectivity index (χ0n) is 13.8. The summed E-state index contributed by atoms with van der Waals surface area (Å²) in [5.41, 5.74) is -0.267. The van der Waals surface area contributed by atoms with Crippen LogP contribution in [0.3, 0.4) is 0 Å². The number of hydrogen-bond acceptors (Lipinski definition) is 5. The Labute approximate surface area is 131 Å². The molecule has 2 fully saturated rings. The number of tetrazole rings is 1. The van der Waals surface area contributed by atoms with Gasteiger partial charge in [0.2, 0.25) is 5.91 Å².